The van der Waals surface area contributed by atoms with Crippen molar-refractivity contribution in [1.82, 2.24) is 0 Å². The quantitative estimate of drug-likeness (QED) is 0.547. The smallest absolute Gasteiger partial charge is 0.250 e. The molecule has 0 heterocycles. The lowest BCUT2D eigenvalue weighted by Gasteiger charge is -2.10. The molecule has 17 heavy (non-hydrogen) atoms. The van der Waals surface area contributed by atoms with Crippen LogP contribution in [0.5, 0.6) is 0 Å². The van der Waals surface area contributed by atoms with Gasteiger partial charge in [-0.1, -0.05) is 6.92 Å². The van der Waals surface area contributed by atoms with Gasteiger partial charge in [-0.3, -0.25) is 4.79 Å². The number of nitrogens with two attached hydrogens (primary N) is 2. The highest BCUT2D eigenvalue weighted by atomic mass is 32.2. The number of hydrogen-bond donors (Lipinski definition) is 3. The highest BCUT2D eigenvalue weighted by molar-refractivity contribution is 7.99. The van der Waals surface area contributed by atoms with Crippen molar-refractivity contribution in [2.24, 2.45) is 11.7 Å². The summed E-state index contributed by atoms with van der Waals surface area (Å²) in [6.07, 6.45) is 0. The van der Waals surface area contributed by atoms with Crippen LogP contribution < -0.4 is 11.5 Å². The Labute approximate surface area is 103 Å². The monoisotopic (exact) mass is 258 g/mol. The van der Waals surface area contributed by atoms with Gasteiger partial charge in [0, 0.05) is 22.9 Å². The molecule has 0 bridgehead atoms. The number of aliphatic hydroxyl groups excluding tert-OH is 1. The molecule has 0 spiro atoms. The molecule has 1 atom stereocenters. The predicted molar refractivity (Wildman–Crippen MR) is 66.3 cm³/mol. The summed E-state index contributed by atoms with van der Waals surface area (Å²) in [5.74, 6) is -0.564. The van der Waals surface area contributed by atoms with Crippen LogP contribution in [0.1, 0.15) is 17.3 Å². The second-order valence-corrected chi connectivity index (χ2v) is 4.89. The van der Waals surface area contributed by atoms with Gasteiger partial charge < -0.3 is 16.6 Å². The summed E-state index contributed by atoms with van der Waals surface area (Å²) in [6, 6.07) is 2.44. The fraction of sp³-hybridized carbons (Fsp3) is 0.364. The van der Waals surface area contributed by atoms with E-state index < -0.39 is 11.7 Å². The Balaban J connectivity index is 2.92. The van der Waals surface area contributed by atoms with E-state index in [2.05, 4.69) is 0 Å². The standard InChI is InChI=1S/C11H15FN2O2S/c1-6(4-15)5-17-10-2-7(11(14)16)9(13)3-8(10)12/h2-3,6,15H,4-5,13H2,1H3,(H2,14,16). The first kappa shape index (κ1) is 13.8. The van der Waals surface area contributed by atoms with Gasteiger partial charge in [0.15, 0.2) is 0 Å². The molecule has 1 unspecified atom stereocenters. The van der Waals surface area contributed by atoms with Crippen LogP contribution in [0.25, 0.3) is 0 Å². The van der Waals surface area contributed by atoms with Crippen LogP contribution in [-0.2, 0) is 0 Å². The molecule has 0 radical (unpaired) electrons. The number of thioether (sulfide) groups is 1. The molecule has 94 valence electrons. The molecule has 1 amide bonds. The second kappa shape index (κ2) is 5.88. The van der Waals surface area contributed by atoms with Crippen LogP contribution >= 0.6 is 11.8 Å². The molecule has 0 aliphatic rings. The Bertz CT molecular complexity index is 426. The fourth-order valence-corrected chi connectivity index (χ4v) is 2.15. The van der Waals surface area contributed by atoms with E-state index in [1.54, 1.807) is 0 Å². The molecule has 0 aliphatic heterocycles. The molecule has 0 saturated carbocycles. The summed E-state index contributed by atoms with van der Waals surface area (Å²) < 4.78 is 13.5. The van der Waals surface area contributed by atoms with E-state index in [-0.39, 0.29) is 23.8 Å². The van der Waals surface area contributed by atoms with Crippen molar-refractivity contribution in [2.75, 3.05) is 18.1 Å². The topological polar surface area (TPSA) is 89.3 Å². The number of nitrogen functional groups attached to an aromatic ring is 1. The Morgan fingerprint density at radius 3 is 2.76 bits per heavy atom. The molecule has 4 nitrogen and oxygen atoms in total. The fourth-order valence-electron chi connectivity index (χ4n) is 1.18. The van der Waals surface area contributed by atoms with Gasteiger partial charge >= 0.3 is 0 Å². The Hall–Kier alpha value is -1.27. The molecule has 6 heteroatoms. The second-order valence-electron chi connectivity index (χ2n) is 3.83. The summed E-state index contributed by atoms with van der Waals surface area (Å²) in [5, 5.41) is 8.87. The third kappa shape index (κ3) is 3.61. The molecular formula is C11H15FN2O2S. The number of rotatable bonds is 5. The molecular weight excluding hydrogens is 243 g/mol. The van der Waals surface area contributed by atoms with Crippen molar-refractivity contribution in [1.29, 1.82) is 0 Å². The van der Waals surface area contributed by atoms with Crippen molar-refractivity contribution in [3.05, 3.63) is 23.5 Å². The minimum absolute atomic E-state index is 0.0340. The molecule has 0 aliphatic carbocycles. The Morgan fingerprint density at radius 2 is 2.24 bits per heavy atom. The number of anilines is 1. The summed E-state index contributed by atoms with van der Waals surface area (Å²) in [5.41, 5.74) is 10.8. The molecule has 1 rings (SSSR count). The summed E-state index contributed by atoms with van der Waals surface area (Å²) in [7, 11) is 0. The van der Waals surface area contributed by atoms with Crippen LogP contribution in [0.3, 0.4) is 0 Å². The van der Waals surface area contributed by atoms with Crippen LogP contribution in [-0.4, -0.2) is 23.4 Å². The first-order valence-corrected chi connectivity index (χ1v) is 6.06. The van der Waals surface area contributed by atoms with Gasteiger partial charge in [-0.2, -0.15) is 0 Å². The van der Waals surface area contributed by atoms with E-state index in [1.807, 2.05) is 6.92 Å². The van der Waals surface area contributed by atoms with E-state index >= 15 is 0 Å². The van der Waals surface area contributed by atoms with Crippen molar-refractivity contribution in [3.8, 4) is 0 Å². The first-order valence-electron chi connectivity index (χ1n) is 5.08. The Kier molecular flexibility index (Phi) is 4.77. The number of hydrogen-bond acceptors (Lipinski definition) is 4. The zero-order valence-corrected chi connectivity index (χ0v) is 10.3. The lowest BCUT2D eigenvalue weighted by Crippen LogP contribution is -2.14. The number of benzene rings is 1. The van der Waals surface area contributed by atoms with Gasteiger partial charge in [0.1, 0.15) is 5.82 Å². The molecule has 1 aromatic rings. The minimum atomic E-state index is -0.681. The number of carbonyl (C=O) groups excluding carboxylic acids is 1. The zero-order chi connectivity index (χ0) is 13.0. The van der Waals surface area contributed by atoms with Crippen molar-refractivity contribution in [2.45, 2.75) is 11.8 Å². The van der Waals surface area contributed by atoms with E-state index in [1.165, 1.54) is 17.8 Å². The maximum atomic E-state index is 13.5. The van der Waals surface area contributed by atoms with Crippen LogP contribution in [0, 0.1) is 11.7 Å². The van der Waals surface area contributed by atoms with Gasteiger partial charge in [-0.15, -0.1) is 11.8 Å². The van der Waals surface area contributed by atoms with Gasteiger partial charge in [-0.25, -0.2) is 4.39 Å². The number of amides is 1. The molecule has 0 aromatic heterocycles. The summed E-state index contributed by atoms with van der Waals surface area (Å²) >= 11 is 1.22. The van der Waals surface area contributed by atoms with Crippen LogP contribution in [0.2, 0.25) is 0 Å². The third-order valence-electron chi connectivity index (χ3n) is 2.20. The summed E-state index contributed by atoms with van der Waals surface area (Å²) in [4.78, 5) is 11.4. The lowest BCUT2D eigenvalue weighted by atomic mass is 10.1. The number of halogens is 1. The lowest BCUT2D eigenvalue weighted by molar-refractivity contribution is 0.100. The van der Waals surface area contributed by atoms with E-state index in [4.69, 9.17) is 16.6 Å². The third-order valence-corrected chi connectivity index (χ3v) is 3.56. The maximum Gasteiger partial charge on any atom is 0.250 e. The first-order chi connectivity index (χ1) is 7.95. The van der Waals surface area contributed by atoms with Crippen molar-refractivity contribution < 1.29 is 14.3 Å². The van der Waals surface area contributed by atoms with Crippen LogP contribution in [0.4, 0.5) is 10.1 Å². The zero-order valence-electron chi connectivity index (χ0n) is 9.44. The normalized spacial score (nSPS) is 12.4. The largest absolute Gasteiger partial charge is 0.398 e. The van der Waals surface area contributed by atoms with Gasteiger partial charge in [-0.05, 0) is 18.1 Å². The van der Waals surface area contributed by atoms with E-state index in [0.29, 0.717) is 10.6 Å². The van der Waals surface area contributed by atoms with Crippen molar-refractivity contribution in [3.63, 3.8) is 0 Å². The molecule has 0 fully saturated rings. The van der Waals surface area contributed by atoms with Crippen molar-refractivity contribution >= 4 is 23.4 Å². The molecule has 0 saturated heterocycles. The predicted octanol–water partition coefficient (Wildman–Crippen LogP) is 1.23. The highest BCUT2D eigenvalue weighted by Gasteiger charge is 2.13. The average Bonchev–Trinajstić information content (AvgIpc) is 2.26. The number of carbonyl (C=O) groups is 1. The van der Waals surface area contributed by atoms with Gasteiger partial charge in [0.05, 0.1) is 5.56 Å². The Morgan fingerprint density at radius 1 is 1.59 bits per heavy atom. The van der Waals surface area contributed by atoms with E-state index in [0.717, 1.165) is 6.07 Å². The number of primary amides is 1. The molecule has 5 N–H and O–H groups in total. The van der Waals surface area contributed by atoms with Gasteiger partial charge in [0.2, 0.25) is 0 Å². The molecule has 1 aromatic carbocycles. The average molecular weight is 258 g/mol. The highest BCUT2D eigenvalue weighted by Crippen LogP contribution is 2.27. The maximum absolute atomic E-state index is 13.5. The van der Waals surface area contributed by atoms with Gasteiger partial charge in [0.25, 0.3) is 5.91 Å². The SMILES string of the molecule is CC(CO)CSc1cc(C(N)=O)c(N)cc1F. The van der Waals surface area contributed by atoms with Crippen LogP contribution in [0.15, 0.2) is 17.0 Å². The van der Waals surface area contributed by atoms with E-state index in [9.17, 15) is 9.18 Å². The minimum Gasteiger partial charge on any atom is -0.398 e. The summed E-state index contributed by atoms with van der Waals surface area (Å²) in [6.45, 7) is 1.88. The number of aliphatic hydroxyl groups is 1.